The summed E-state index contributed by atoms with van der Waals surface area (Å²) in [4.78, 5) is 23.1. The quantitative estimate of drug-likeness (QED) is 0.687. The van der Waals surface area contributed by atoms with Crippen LogP contribution in [0.2, 0.25) is 0 Å². The molecule has 0 radical (unpaired) electrons. The molecule has 0 aliphatic heterocycles. The van der Waals surface area contributed by atoms with Crippen LogP contribution in [0.3, 0.4) is 0 Å². The van der Waals surface area contributed by atoms with Gasteiger partial charge in [0.05, 0.1) is 11.8 Å². The zero-order valence-corrected chi connectivity index (χ0v) is 11.4. The maximum absolute atomic E-state index is 12.0. The predicted molar refractivity (Wildman–Crippen MR) is 70.2 cm³/mol. The summed E-state index contributed by atoms with van der Waals surface area (Å²) in [5.74, 6) is -1.70. The average Bonchev–Trinajstić information content (AvgIpc) is 2.78. The van der Waals surface area contributed by atoms with Crippen LogP contribution in [0.4, 0.5) is 0 Å². The Labute approximate surface area is 109 Å². The molecule has 0 saturated heterocycles. The lowest BCUT2D eigenvalue weighted by Gasteiger charge is -2.19. The molecule has 2 N–H and O–H groups in total. The summed E-state index contributed by atoms with van der Waals surface area (Å²) in [6.45, 7) is 4.15. The number of rotatable bonds is 7. The molecule has 1 aliphatic carbocycles. The summed E-state index contributed by atoms with van der Waals surface area (Å²) < 4.78 is 0. The average molecular weight is 255 g/mol. The zero-order valence-electron chi connectivity index (χ0n) is 11.4. The van der Waals surface area contributed by atoms with E-state index in [1.807, 2.05) is 6.92 Å². The van der Waals surface area contributed by atoms with E-state index in [4.69, 9.17) is 5.11 Å². The van der Waals surface area contributed by atoms with Gasteiger partial charge in [-0.1, -0.05) is 32.6 Å². The molecule has 18 heavy (non-hydrogen) atoms. The minimum Gasteiger partial charge on any atom is -0.481 e. The summed E-state index contributed by atoms with van der Waals surface area (Å²) >= 11 is 0. The van der Waals surface area contributed by atoms with Gasteiger partial charge in [0.2, 0.25) is 5.91 Å². The molecule has 0 aromatic rings. The first-order chi connectivity index (χ1) is 8.56. The van der Waals surface area contributed by atoms with Crippen LogP contribution in [-0.4, -0.2) is 23.0 Å². The van der Waals surface area contributed by atoms with E-state index in [-0.39, 0.29) is 17.9 Å². The van der Waals surface area contributed by atoms with Gasteiger partial charge < -0.3 is 10.4 Å². The Morgan fingerprint density at radius 1 is 1.28 bits per heavy atom. The lowest BCUT2D eigenvalue weighted by atomic mass is 9.95. The van der Waals surface area contributed by atoms with Gasteiger partial charge in [0.15, 0.2) is 0 Å². The van der Waals surface area contributed by atoms with Gasteiger partial charge in [-0.05, 0) is 26.2 Å². The molecule has 3 unspecified atom stereocenters. The fraction of sp³-hybridized carbons (Fsp3) is 0.857. The van der Waals surface area contributed by atoms with Crippen LogP contribution in [0.15, 0.2) is 0 Å². The van der Waals surface area contributed by atoms with Crippen molar-refractivity contribution in [1.82, 2.24) is 5.32 Å². The molecule has 1 fully saturated rings. The molecule has 1 aliphatic rings. The van der Waals surface area contributed by atoms with Crippen LogP contribution >= 0.6 is 0 Å². The van der Waals surface area contributed by atoms with Crippen molar-refractivity contribution >= 4 is 11.9 Å². The molecule has 4 heteroatoms. The fourth-order valence-electron chi connectivity index (χ4n) is 2.69. The minimum atomic E-state index is -0.828. The van der Waals surface area contributed by atoms with E-state index in [1.54, 1.807) is 0 Å². The number of unbranched alkanes of at least 4 members (excludes halogenated alkanes) is 2. The molecule has 1 saturated carbocycles. The van der Waals surface area contributed by atoms with Crippen molar-refractivity contribution in [2.45, 2.75) is 64.8 Å². The fourth-order valence-corrected chi connectivity index (χ4v) is 2.69. The van der Waals surface area contributed by atoms with Crippen molar-refractivity contribution in [3.05, 3.63) is 0 Å². The highest BCUT2D eigenvalue weighted by Crippen LogP contribution is 2.32. The van der Waals surface area contributed by atoms with Crippen LogP contribution in [0.5, 0.6) is 0 Å². The minimum absolute atomic E-state index is 0.0658. The third kappa shape index (κ3) is 4.31. The summed E-state index contributed by atoms with van der Waals surface area (Å²) in [7, 11) is 0. The zero-order chi connectivity index (χ0) is 13.5. The van der Waals surface area contributed by atoms with E-state index >= 15 is 0 Å². The summed E-state index contributed by atoms with van der Waals surface area (Å²) in [5, 5.41) is 12.0. The molecule has 104 valence electrons. The Balaban J connectivity index is 2.37. The standard InChI is InChI=1S/C14H25NO3/c1-3-4-5-7-10(2)15-13(16)11-8-6-9-12(11)14(17)18/h10-12H,3-9H2,1-2H3,(H,15,16)(H,17,18). The van der Waals surface area contributed by atoms with Crippen LogP contribution in [0.1, 0.15) is 58.8 Å². The molecule has 3 atom stereocenters. The largest absolute Gasteiger partial charge is 0.481 e. The van der Waals surface area contributed by atoms with E-state index in [0.29, 0.717) is 12.8 Å². The molecule has 0 aromatic carbocycles. The van der Waals surface area contributed by atoms with E-state index in [2.05, 4.69) is 12.2 Å². The van der Waals surface area contributed by atoms with Gasteiger partial charge in [0, 0.05) is 6.04 Å². The second kappa shape index (κ2) is 7.39. The Hall–Kier alpha value is -1.06. The Morgan fingerprint density at radius 2 is 1.94 bits per heavy atom. The van der Waals surface area contributed by atoms with E-state index < -0.39 is 11.9 Å². The number of amides is 1. The second-order valence-electron chi connectivity index (χ2n) is 5.39. The van der Waals surface area contributed by atoms with E-state index in [1.165, 1.54) is 12.8 Å². The highest BCUT2D eigenvalue weighted by atomic mass is 16.4. The van der Waals surface area contributed by atoms with Crippen molar-refractivity contribution in [3.8, 4) is 0 Å². The maximum Gasteiger partial charge on any atom is 0.307 e. The van der Waals surface area contributed by atoms with Gasteiger partial charge in [0.1, 0.15) is 0 Å². The van der Waals surface area contributed by atoms with Crippen LogP contribution in [0.25, 0.3) is 0 Å². The Kier molecular flexibility index (Phi) is 6.16. The van der Waals surface area contributed by atoms with Gasteiger partial charge >= 0.3 is 5.97 Å². The summed E-state index contributed by atoms with van der Waals surface area (Å²) in [5.41, 5.74) is 0. The SMILES string of the molecule is CCCCCC(C)NC(=O)C1CCCC1C(=O)O. The molecule has 0 aromatic heterocycles. The van der Waals surface area contributed by atoms with E-state index in [0.717, 1.165) is 19.3 Å². The van der Waals surface area contributed by atoms with Gasteiger partial charge in [-0.2, -0.15) is 0 Å². The van der Waals surface area contributed by atoms with Crippen LogP contribution in [-0.2, 0) is 9.59 Å². The third-order valence-electron chi connectivity index (χ3n) is 3.80. The lowest BCUT2D eigenvalue weighted by molar-refractivity contribution is -0.146. The van der Waals surface area contributed by atoms with Crippen molar-refractivity contribution in [1.29, 1.82) is 0 Å². The highest BCUT2D eigenvalue weighted by molar-refractivity contribution is 5.85. The van der Waals surface area contributed by atoms with Crippen molar-refractivity contribution < 1.29 is 14.7 Å². The number of carbonyl (C=O) groups is 2. The lowest BCUT2D eigenvalue weighted by Crippen LogP contribution is -2.40. The van der Waals surface area contributed by atoms with Gasteiger partial charge in [-0.25, -0.2) is 0 Å². The Morgan fingerprint density at radius 3 is 2.56 bits per heavy atom. The number of hydrogen-bond acceptors (Lipinski definition) is 2. The first-order valence-electron chi connectivity index (χ1n) is 7.09. The number of nitrogens with one attached hydrogen (secondary N) is 1. The Bertz CT molecular complexity index is 291. The molecule has 1 amide bonds. The normalized spacial score (nSPS) is 24.8. The van der Waals surface area contributed by atoms with Gasteiger partial charge in [-0.3, -0.25) is 9.59 Å². The van der Waals surface area contributed by atoms with Crippen molar-refractivity contribution in [2.24, 2.45) is 11.8 Å². The number of carboxylic acid groups (broad SMARTS) is 1. The molecule has 1 rings (SSSR count). The van der Waals surface area contributed by atoms with Crippen LogP contribution < -0.4 is 5.32 Å². The molecule has 0 bridgehead atoms. The van der Waals surface area contributed by atoms with Crippen molar-refractivity contribution in [3.63, 3.8) is 0 Å². The van der Waals surface area contributed by atoms with E-state index in [9.17, 15) is 9.59 Å². The monoisotopic (exact) mass is 255 g/mol. The van der Waals surface area contributed by atoms with Gasteiger partial charge in [0.25, 0.3) is 0 Å². The molecular formula is C14H25NO3. The first kappa shape index (κ1) is 15.0. The molecule has 0 spiro atoms. The smallest absolute Gasteiger partial charge is 0.307 e. The van der Waals surface area contributed by atoms with Crippen molar-refractivity contribution in [2.75, 3.05) is 0 Å². The van der Waals surface area contributed by atoms with Crippen LogP contribution in [0, 0.1) is 11.8 Å². The first-order valence-corrected chi connectivity index (χ1v) is 7.09. The summed E-state index contributed by atoms with van der Waals surface area (Å²) in [6.07, 6.45) is 6.64. The topological polar surface area (TPSA) is 66.4 Å². The second-order valence-corrected chi connectivity index (χ2v) is 5.39. The number of carboxylic acids is 1. The number of hydrogen-bond donors (Lipinski definition) is 2. The molecule has 0 heterocycles. The highest BCUT2D eigenvalue weighted by Gasteiger charge is 2.37. The summed E-state index contributed by atoms with van der Waals surface area (Å²) in [6, 6.07) is 0.152. The maximum atomic E-state index is 12.0. The number of aliphatic carboxylic acids is 1. The molecule has 4 nitrogen and oxygen atoms in total. The third-order valence-corrected chi connectivity index (χ3v) is 3.80. The van der Waals surface area contributed by atoms with Gasteiger partial charge in [-0.15, -0.1) is 0 Å². The number of carbonyl (C=O) groups excluding carboxylic acids is 1. The molecular weight excluding hydrogens is 230 g/mol. The predicted octanol–water partition coefficient (Wildman–Crippen LogP) is 2.57.